The van der Waals surface area contributed by atoms with Gasteiger partial charge in [-0.05, 0) is 38.5 Å². The topological polar surface area (TPSA) is 58.6 Å². The Morgan fingerprint density at radius 2 is 1.81 bits per heavy atom. The van der Waals surface area contributed by atoms with Crippen LogP contribution in [-0.2, 0) is 9.59 Å². The predicted octanol–water partition coefficient (Wildman–Crippen LogP) is 1.88. The van der Waals surface area contributed by atoms with Gasteiger partial charge >= 0.3 is 0 Å². The minimum absolute atomic E-state index is 0.00947. The molecular weight excluding hydrogens is 268 g/mol. The van der Waals surface area contributed by atoms with Crippen LogP contribution < -0.4 is 10.1 Å². The van der Waals surface area contributed by atoms with E-state index in [1.165, 1.54) is 4.90 Å². The molecular formula is C16H22N2O3. The van der Waals surface area contributed by atoms with Gasteiger partial charge in [0, 0.05) is 12.1 Å². The lowest BCUT2D eigenvalue weighted by atomic mass is 10.1. The number of benzene rings is 1. The van der Waals surface area contributed by atoms with E-state index in [0.717, 1.165) is 11.3 Å². The standard InChI is InChI=1S/C16H22N2O3/c1-10(2)18-15(19)9-14(16(18)20)17-11(3)12-5-7-13(21-4)8-6-12/h5-8,10-11,14,17H,9H2,1-4H3. The summed E-state index contributed by atoms with van der Waals surface area (Å²) in [5, 5.41) is 3.24. The lowest BCUT2D eigenvalue weighted by Crippen LogP contribution is -2.42. The van der Waals surface area contributed by atoms with Gasteiger partial charge in [-0.2, -0.15) is 0 Å². The first-order valence-electron chi connectivity index (χ1n) is 7.20. The van der Waals surface area contributed by atoms with Gasteiger partial charge in [-0.1, -0.05) is 12.1 Å². The summed E-state index contributed by atoms with van der Waals surface area (Å²) in [6.07, 6.45) is 0.234. The molecule has 5 heteroatoms. The number of imide groups is 1. The van der Waals surface area contributed by atoms with E-state index in [1.807, 2.05) is 45.0 Å². The van der Waals surface area contributed by atoms with Crippen LogP contribution in [0.3, 0.4) is 0 Å². The van der Waals surface area contributed by atoms with Gasteiger partial charge in [0.1, 0.15) is 5.75 Å². The number of methoxy groups -OCH3 is 1. The fraction of sp³-hybridized carbons (Fsp3) is 0.500. The molecule has 2 rings (SSSR count). The number of carbonyl (C=O) groups is 2. The number of amides is 2. The van der Waals surface area contributed by atoms with Crippen LogP contribution in [0.25, 0.3) is 0 Å². The number of nitrogens with one attached hydrogen (secondary N) is 1. The van der Waals surface area contributed by atoms with E-state index in [1.54, 1.807) is 7.11 Å². The SMILES string of the molecule is COc1ccc(C(C)NC2CC(=O)N(C(C)C)C2=O)cc1. The van der Waals surface area contributed by atoms with Gasteiger partial charge in [0.05, 0.1) is 19.6 Å². The van der Waals surface area contributed by atoms with Crippen molar-refractivity contribution < 1.29 is 14.3 Å². The smallest absolute Gasteiger partial charge is 0.247 e. The Hall–Kier alpha value is -1.88. The molecule has 1 heterocycles. The van der Waals surface area contributed by atoms with Crippen LogP contribution in [0.2, 0.25) is 0 Å². The molecule has 0 spiro atoms. The molecule has 2 atom stereocenters. The van der Waals surface area contributed by atoms with Crippen LogP contribution in [0.1, 0.15) is 38.8 Å². The highest BCUT2D eigenvalue weighted by molar-refractivity contribution is 6.05. The van der Waals surface area contributed by atoms with E-state index >= 15 is 0 Å². The maximum absolute atomic E-state index is 12.2. The molecule has 1 aliphatic heterocycles. The van der Waals surface area contributed by atoms with Crippen LogP contribution in [-0.4, -0.2) is 35.9 Å². The second kappa shape index (κ2) is 6.26. The van der Waals surface area contributed by atoms with E-state index in [9.17, 15) is 9.59 Å². The molecule has 1 saturated heterocycles. The monoisotopic (exact) mass is 290 g/mol. The van der Waals surface area contributed by atoms with E-state index in [0.29, 0.717) is 0 Å². The van der Waals surface area contributed by atoms with Crippen molar-refractivity contribution in [3.63, 3.8) is 0 Å². The molecule has 1 N–H and O–H groups in total. The quantitative estimate of drug-likeness (QED) is 0.841. The fourth-order valence-corrected chi connectivity index (χ4v) is 2.61. The van der Waals surface area contributed by atoms with E-state index in [2.05, 4.69) is 5.32 Å². The molecule has 5 nitrogen and oxygen atoms in total. The summed E-state index contributed by atoms with van der Waals surface area (Å²) in [5.74, 6) is 0.564. The fourth-order valence-electron chi connectivity index (χ4n) is 2.61. The number of hydrogen-bond acceptors (Lipinski definition) is 4. The van der Waals surface area contributed by atoms with Crippen molar-refractivity contribution in [2.75, 3.05) is 7.11 Å². The Morgan fingerprint density at radius 1 is 1.19 bits per heavy atom. The van der Waals surface area contributed by atoms with E-state index < -0.39 is 6.04 Å². The summed E-state index contributed by atoms with van der Waals surface area (Å²) in [4.78, 5) is 25.5. The van der Waals surface area contributed by atoms with Gasteiger partial charge in [0.2, 0.25) is 11.8 Å². The second-order valence-corrected chi connectivity index (χ2v) is 5.61. The van der Waals surface area contributed by atoms with Crippen molar-refractivity contribution in [1.82, 2.24) is 10.2 Å². The zero-order valence-electron chi connectivity index (χ0n) is 12.9. The molecule has 21 heavy (non-hydrogen) atoms. The van der Waals surface area contributed by atoms with Crippen LogP contribution in [0.15, 0.2) is 24.3 Å². The Bertz CT molecular complexity index is 525. The van der Waals surface area contributed by atoms with Crippen molar-refractivity contribution >= 4 is 11.8 Å². The van der Waals surface area contributed by atoms with Gasteiger partial charge < -0.3 is 4.74 Å². The number of nitrogens with zero attached hydrogens (tertiary/aromatic N) is 1. The van der Waals surface area contributed by atoms with Crippen molar-refractivity contribution in [2.24, 2.45) is 0 Å². The first-order valence-corrected chi connectivity index (χ1v) is 7.20. The molecule has 1 aromatic rings. The molecule has 2 amide bonds. The molecule has 2 unspecified atom stereocenters. The van der Waals surface area contributed by atoms with Crippen LogP contribution >= 0.6 is 0 Å². The van der Waals surface area contributed by atoms with Crippen LogP contribution in [0.5, 0.6) is 5.75 Å². The summed E-state index contributed by atoms with van der Waals surface area (Å²) < 4.78 is 5.13. The maximum Gasteiger partial charge on any atom is 0.247 e. The first-order chi connectivity index (χ1) is 9.93. The molecule has 0 aromatic heterocycles. The molecule has 114 valence electrons. The predicted molar refractivity (Wildman–Crippen MR) is 79.9 cm³/mol. The minimum Gasteiger partial charge on any atom is -0.497 e. The minimum atomic E-state index is -0.433. The third kappa shape index (κ3) is 3.24. The molecule has 1 aliphatic rings. The number of carbonyl (C=O) groups excluding carboxylic acids is 2. The maximum atomic E-state index is 12.2. The highest BCUT2D eigenvalue weighted by Crippen LogP contribution is 2.22. The molecule has 0 bridgehead atoms. The summed E-state index contributed by atoms with van der Waals surface area (Å²) in [7, 11) is 1.62. The Labute approximate surface area is 125 Å². The largest absolute Gasteiger partial charge is 0.497 e. The van der Waals surface area contributed by atoms with Crippen molar-refractivity contribution in [3.05, 3.63) is 29.8 Å². The number of hydrogen-bond donors (Lipinski definition) is 1. The Kier molecular flexibility index (Phi) is 4.63. The lowest BCUT2D eigenvalue weighted by Gasteiger charge is -2.21. The van der Waals surface area contributed by atoms with Crippen molar-refractivity contribution in [2.45, 2.75) is 45.3 Å². The zero-order chi connectivity index (χ0) is 15.6. The summed E-state index contributed by atoms with van der Waals surface area (Å²) in [6, 6.07) is 7.15. The number of rotatable bonds is 5. The van der Waals surface area contributed by atoms with E-state index in [4.69, 9.17) is 4.74 Å². The summed E-state index contributed by atoms with van der Waals surface area (Å²) >= 11 is 0. The van der Waals surface area contributed by atoms with Crippen molar-refractivity contribution in [3.8, 4) is 5.75 Å². The van der Waals surface area contributed by atoms with Crippen LogP contribution in [0.4, 0.5) is 0 Å². The average Bonchev–Trinajstić information content (AvgIpc) is 2.73. The van der Waals surface area contributed by atoms with Gasteiger partial charge in [-0.15, -0.1) is 0 Å². The molecule has 1 aromatic carbocycles. The highest BCUT2D eigenvalue weighted by Gasteiger charge is 2.40. The first kappa shape index (κ1) is 15.5. The van der Waals surface area contributed by atoms with Gasteiger partial charge in [0.25, 0.3) is 0 Å². The molecule has 0 aliphatic carbocycles. The Balaban J connectivity index is 2.04. The Morgan fingerprint density at radius 3 is 2.29 bits per heavy atom. The summed E-state index contributed by atoms with van der Waals surface area (Å²) in [5.41, 5.74) is 1.05. The molecule has 0 radical (unpaired) electrons. The average molecular weight is 290 g/mol. The van der Waals surface area contributed by atoms with Gasteiger partial charge in [-0.3, -0.25) is 19.8 Å². The van der Waals surface area contributed by atoms with Crippen LogP contribution in [0, 0.1) is 0 Å². The van der Waals surface area contributed by atoms with Gasteiger partial charge in [-0.25, -0.2) is 0 Å². The second-order valence-electron chi connectivity index (χ2n) is 5.61. The number of ether oxygens (including phenoxy) is 1. The zero-order valence-corrected chi connectivity index (χ0v) is 12.9. The van der Waals surface area contributed by atoms with E-state index in [-0.39, 0.29) is 30.3 Å². The number of likely N-dealkylation sites (tertiary alicyclic amines) is 1. The van der Waals surface area contributed by atoms with Gasteiger partial charge in [0.15, 0.2) is 0 Å². The lowest BCUT2D eigenvalue weighted by molar-refractivity contribution is -0.140. The van der Waals surface area contributed by atoms with Crippen molar-refractivity contribution in [1.29, 1.82) is 0 Å². The normalized spacial score (nSPS) is 20.2. The third-order valence-electron chi connectivity index (χ3n) is 3.77. The summed E-state index contributed by atoms with van der Waals surface area (Å²) in [6.45, 7) is 5.69. The highest BCUT2D eigenvalue weighted by atomic mass is 16.5. The third-order valence-corrected chi connectivity index (χ3v) is 3.77. The molecule has 0 saturated carbocycles. The molecule has 1 fully saturated rings.